The van der Waals surface area contributed by atoms with E-state index in [1.54, 1.807) is 11.3 Å². The number of likely N-dealkylation sites (tertiary alicyclic amines) is 1. The van der Waals surface area contributed by atoms with Crippen LogP contribution in [0.3, 0.4) is 0 Å². The Balaban J connectivity index is 1.19. The zero-order chi connectivity index (χ0) is 24.1. The van der Waals surface area contributed by atoms with Gasteiger partial charge in [-0.05, 0) is 74.8 Å². The van der Waals surface area contributed by atoms with Crippen molar-refractivity contribution in [1.29, 1.82) is 0 Å². The normalized spacial score (nSPS) is 18.1. The van der Waals surface area contributed by atoms with E-state index in [2.05, 4.69) is 70.7 Å². The number of hydrogen-bond donors (Lipinski definition) is 1. The summed E-state index contributed by atoms with van der Waals surface area (Å²) < 4.78 is 7.34. The summed E-state index contributed by atoms with van der Waals surface area (Å²) in [6.07, 6.45) is 6.07. The number of fused-ring (bicyclic) bond motifs is 1. The lowest BCUT2D eigenvalue weighted by molar-refractivity contribution is -0.0432. The number of benzene rings is 1. The van der Waals surface area contributed by atoms with Crippen LogP contribution in [0.25, 0.3) is 21.5 Å². The second-order valence-electron chi connectivity index (χ2n) is 10.1. The highest BCUT2D eigenvalue weighted by Crippen LogP contribution is 2.36. The van der Waals surface area contributed by atoms with Crippen molar-refractivity contribution in [1.82, 2.24) is 14.8 Å². The van der Waals surface area contributed by atoms with Crippen LogP contribution in [-0.4, -0.2) is 66.3 Å². The Hall–Kier alpha value is -1.99. The van der Waals surface area contributed by atoms with Gasteiger partial charge in [-0.2, -0.15) is 0 Å². The fourth-order valence-corrected chi connectivity index (χ4v) is 6.41. The molecular weight excluding hydrogens is 452 g/mol. The van der Waals surface area contributed by atoms with Crippen molar-refractivity contribution in [3.05, 3.63) is 47.3 Å². The molecule has 0 atom stereocenters. The third kappa shape index (κ3) is 5.88. The molecule has 1 N–H and O–H groups in total. The first-order chi connectivity index (χ1) is 17.2. The van der Waals surface area contributed by atoms with E-state index in [-0.39, 0.29) is 5.60 Å². The second-order valence-corrected chi connectivity index (χ2v) is 11.0. The second kappa shape index (κ2) is 11.4. The standard InChI is InChI=1S/C29H40N4OS/c1-3-32(4-2)22-23-7-9-24(10-8-23)26-21-27(28-25(31-26)11-20-35-28)30-15-6-16-33-17-13-29(14-18-33)12-5-19-34-29/h7-11,20-21H,3-6,12-19,22H2,1-2H3,(H,30,31). The molecule has 0 bridgehead atoms. The molecule has 35 heavy (non-hydrogen) atoms. The number of ether oxygens (including phenoxy) is 1. The molecule has 2 aliphatic rings. The maximum Gasteiger partial charge on any atom is 0.0838 e. The Kier molecular flexibility index (Phi) is 8.03. The molecule has 5 rings (SSSR count). The molecule has 3 aromatic rings. The Morgan fingerprint density at radius 3 is 2.60 bits per heavy atom. The third-order valence-electron chi connectivity index (χ3n) is 7.88. The van der Waals surface area contributed by atoms with Crippen LogP contribution >= 0.6 is 11.3 Å². The largest absolute Gasteiger partial charge is 0.384 e. The van der Waals surface area contributed by atoms with Gasteiger partial charge in [0, 0.05) is 38.3 Å². The van der Waals surface area contributed by atoms with Crippen LogP contribution in [-0.2, 0) is 11.3 Å². The molecule has 0 radical (unpaired) electrons. The fourth-order valence-electron chi connectivity index (χ4n) is 5.58. The van der Waals surface area contributed by atoms with E-state index in [1.807, 2.05) is 0 Å². The summed E-state index contributed by atoms with van der Waals surface area (Å²) in [4.78, 5) is 10.0. The minimum absolute atomic E-state index is 0.219. The van der Waals surface area contributed by atoms with Crippen molar-refractivity contribution in [3.63, 3.8) is 0 Å². The lowest BCUT2D eigenvalue weighted by Crippen LogP contribution is -2.44. The Morgan fingerprint density at radius 1 is 1.09 bits per heavy atom. The molecule has 0 aliphatic carbocycles. The van der Waals surface area contributed by atoms with Gasteiger partial charge in [0.25, 0.3) is 0 Å². The van der Waals surface area contributed by atoms with Crippen molar-refractivity contribution >= 4 is 27.2 Å². The average Bonchev–Trinajstić information content (AvgIpc) is 3.56. The van der Waals surface area contributed by atoms with E-state index in [4.69, 9.17) is 9.72 Å². The zero-order valence-corrected chi connectivity index (χ0v) is 22.2. The highest BCUT2D eigenvalue weighted by Gasteiger charge is 2.37. The Morgan fingerprint density at radius 2 is 1.89 bits per heavy atom. The van der Waals surface area contributed by atoms with Crippen molar-refractivity contribution in [3.8, 4) is 11.3 Å². The highest BCUT2D eigenvalue weighted by molar-refractivity contribution is 7.17. The minimum atomic E-state index is 0.219. The minimum Gasteiger partial charge on any atom is -0.384 e. The van der Waals surface area contributed by atoms with E-state index >= 15 is 0 Å². The van der Waals surface area contributed by atoms with Gasteiger partial charge in [-0.3, -0.25) is 4.90 Å². The molecule has 2 aromatic heterocycles. The van der Waals surface area contributed by atoms with Crippen molar-refractivity contribution < 1.29 is 4.74 Å². The summed E-state index contributed by atoms with van der Waals surface area (Å²) in [5.41, 5.74) is 6.10. The summed E-state index contributed by atoms with van der Waals surface area (Å²) >= 11 is 1.77. The molecular formula is C29H40N4OS. The number of rotatable bonds is 10. The van der Waals surface area contributed by atoms with Crippen molar-refractivity contribution in [2.75, 3.05) is 51.2 Å². The molecule has 0 unspecified atom stereocenters. The van der Waals surface area contributed by atoms with Crippen LogP contribution < -0.4 is 5.32 Å². The monoisotopic (exact) mass is 492 g/mol. The van der Waals surface area contributed by atoms with E-state index in [1.165, 1.54) is 60.3 Å². The van der Waals surface area contributed by atoms with Gasteiger partial charge < -0.3 is 15.0 Å². The third-order valence-corrected chi connectivity index (χ3v) is 8.82. The van der Waals surface area contributed by atoms with Crippen molar-refractivity contribution in [2.24, 2.45) is 0 Å². The number of thiophene rings is 1. The van der Waals surface area contributed by atoms with Crippen LogP contribution in [0.1, 0.15) is 51.5 Å². The summed E-state index contributed by atoms with van der Waals surface area (Å²) in [6, 6.07) is 13.3. The molecule has 2 aliphatic heterocycles. The molecule has 1 spiro atoms. The quantitative estimate of drug-likeness (QED) is 0.339. The summed E-state index contributed by atoms with van der Waals surface area (Å²) in [7, 11) is 0. The van der Waals surface area contributed by atoms with Gasteiger partial charge in [0.1, 0.15) is 0 Å². The Labute approximate surface area is 214 Å². The smallest absolute Gasteiger partial charge is 0.0838 e. The topological polar surface area (TPSA) is 40.6 Å². The molecule has 2 fully saturated rings. The number of anilines is 1. The first-order valence-electron chi connectivity index (χ1n) is 13.5. The van der Waals surface area contributed by atoms with Gasteiger partial charge >= 0.3 is 0 Å². The Bertz CT molecular complexity index is 1080. The molecule has 2 saturated heterocycles. The molecule has 4 heterocycles. The lowest BCUT2D eigenvalue weighted by Gasteiger charge is -2.38. The highest BCUT2D eigenvalue weighted by atomic mass is 32.1. The number of pyridine rings is 1. The van der Waals surface area contributed by atoms with Gasteiger partial charge in [0.05, 0.1) is 27.2 Å². The van der Waals surface area contributed by atoms with Crippen LogP contribution in [0.15, 0.2) is 41.8 Å². The van der Waals surface area contributed by atoms with E-state index < -0.39 is 0 Å². The maximum atomic E-state index is 6.08. The number of aromatic nitrogens is 1. The van der Waals surface area contributed by atoms with Crippen LogP contribution in [0.5, 0.6) is 0 Å². The molecule has 0 saturated carbocycles. The van der Waals surface area contributed by atoms with Gasteiger partial charge in [-0.25, -0.2) is 4.98 Å². The predicted octanol–water partition coefficient (Wildman–Crippen LogP) is 6.25. The molecule has 5 nitrogen and oxygen atoms in total. The van der Waals surface area contributed by atoms with Crippen molar-refractivity contribution in [2.45, 2.75) is 58.1 Å². The number of hydrogen-bond acceptors (Lipinski definition) is 6. The SMILES string of the molecule is CCN(CC)Cc1ccc(-c2cc(NCCCN3CCC4(CCCO4)CC3)c3sccc3n2)cc1. The lowest BCUT2D eigenvalue weighted by atomic mass is 9.88. The summed E-state index contributed by atoms with van der Waals surface area (Å²) in [6.45, 7) is 13.1. The van der Waals surface area contributed by atoms with E-state index in [9.17, 15) is 0 Å². The molecule has 6 heteroatoms. The summed E-state index contributed by atoms with van der Waals surface area (Å²) in [5, 5.41) is 5.88. The number of nitrogens with one attached hydrogen (secondary N) is 1. The van der Waals surface area contributed by atoms with E-state index in [0.717, 1.165) is 57.0 Å². The van der Waals surface area contributed by atoms with Crippen LogP contribution in [0.4, 0.5) is 5.69 Å². The first-order valence-corrected chi connectivity index (χ1v) is 14.4. The van der Waals surface area contributed by atoms with E-state index in [0.29, 0.717) is 0 Å². The van der Waals surface area contributed by atoms with Gasteiger partial charge in [-0.1, -0.05) is 38.1 Å². The van der Waals surface area contributed by atoms with Crippen LogP contribution in [0, 0.1) is 0 Å². The van der Waals surface area contributed by atoms with Crippen LogP contribution in [0.2, 0.25) is 0 Å². The first kappa shape index (κ1) is 24.7. The number of piperidine rings is 1. The molecule has 0 amide bonds. The van der Waals surface area contributed by atoms with Gasteiger partial charge in [0.2, 0.25) is 0 Å². The molecule has 188 valence electrons. The van der Waals surface area contributed by atoms with Gasteiger partial charge in [-0.15, -0.1) is 11.3 Å². The molecule has 1 aromatic carbocycles. The predicted molar refractivity (Wildman–Crippen MR) is 148 cm³/mol. The van der Waals surface area contributed by atoms with Gasteiger partial charge in [0.15, 0.2) is 0 Å². The zero-order valence-electron chi connectivity index (χ0n) is 21.4. The summed E-state index contributed by atoms with van der Waals surface area (Å²) in [5.74, 6) is 0. The fraction of sp³-hybridized carbons (Fsp3) is 0.552. The maximum absolute atomic E-state index is 6.08. The number of nitrogens with zero attached hydrogens (tertiary/aromatic N) is 3. The average molecular weight is 493 g/mol.